The summed E-state index contributed by atoms with van der Waals surface area (Å²) in [6, 6.07) is 17.3. The third-order valence-corrected chi connectivity index (χ3v) is 4.76. The van der Waals surface area contributed by atoms with Crippen LogP contribution in [0.5, 0.6) is 5.75 Å². The van der Waals surface area contributed by atoms with E-state index in [0.29, 0.717) is 21.9 Å². The van der Waals surface area contributed by atoms with Crippen LogP contribution in [-0.2, 0) is 17.8 Å². The number of carbonyl (C=O) groups excluding carboxylic acids is 1. The molecule has 0 unspecified atom stereocenters. The fraction of sp³-hybridized carbons (Fsp3) is 0.0870. The zero-order valence-corrected chi connectivity index (χ0v) is 17.9. The van der Waals surface area contributed by atoms with Gasteiger partial charge in [-0.05, 0) is 41.5 Å². The zero-order valence-electron chi connectivity index (χ0n) is 17.1. The highest BCUT2D eigenvalue weighted by molar-refractivity contribution is 6.32. The van der Waals surface area contributed by atoms with Gasteiger partial charge in [0, 0.05) is 11.6 Å². The van der Waals surface area contributed by atoms with E-state index in [1.54, 1.807) is 36.4 Å². The number of hydrazone groups is 1. The maximum absolute atomic E-state index is 12.1. The number of carbonyl (C=O) groups is 2. The van der Waals surface area contributed by atoms with Crippen molar-refractivity contribution in [2.24, 2.45) is 5.10 Å². The number of para-hydroxylation sites is 1. The maximum Gasteiger partial charge on any atom is 0.335 e. The van der Waals surface area contributed by atoms with Crippen molar-refractivity contribution in [1.82, 2.24) is 5.43 Å². The maximum atomic E-state index is 12.1. The third kappa shape index (κ3) is 6.62. The highest BCUT2D eigenvalue weighted by Gasteiger charge is 2.15. The number of halogens is 1. The molecule has 0 aliphatic carbocycles. The first-order valence-electron chi connectivity index (χ1n) is 9.62. The lowest BCUT2D eigenvalue weighted by Crippen LogP contribution is -2.20. The second-order valence-electron chi connectivity index (χ2n) is 6.84. The van der Waals surface area contributed by atoms with Crippen molar-refractivity contribution in [3.05, 3.63) is 104 Å². The Morgan fingerprint density at radius 2 is 1.91 bits per heavy atom. The van der Waals surface area contributed by atoms with Crippen LogP contribution < -0.4 is 10.2 Å². The minimum atomic E-state index is -1.02. The average molecular weight is 468 g/mol. The molecule has 1 amide bonds. The molecule has 9 nitrogen and oxygen atoms in total. The van der Waals surface area contributed by atoms with Gasteiger partial charge in [0.1, 0.15) is 12.4 Å². The topological polar surface area (TPSA) is 131 Å². The normalized spacial score (nSPS) is 10.7. The van der Waals surface area contributed by atoms with Gasteiger partial charge in [0.15, 0.2) is 0 Å². The van der Waals surface area contributed by atoms with Crippen molar-refractivity contribution >= 4 is 35.4 Å². The lowest BCUT2D eigenvalue weighted by Gasteiger charge is -2.09. The Labute approximate surface area is 193 Å². The van der Waals surface area contributed by atoms with Gasteiger partial charge in [-0.1, -0.05) is 41.9 Å². The highest BCUT2D eigenvalue weighted by atomic mass is 35.5. The molecule has 0 aliphatic rings. The lowest BCUT2D eigenvalue weighted by atomic mass is 10.1. The van der Waals surface area contributed by atoms with Gasteiger partial charge in [0.2, 0.25) is 5.91 Å². The Hall–Kier alpha value is -4.24. The second-order valence-corrected chi connectivity index (χ2v) is 7.25. The summed E-state index contributed by atoms with van der Waals surface area (Å²) >= 11 is 6.24. The standard InChI is InChI=1S/C23H18ClN3O6/c24-19-11-15(8-9-21(19)33-14-16-4-3-6-18(10-16)23(29)30)13-25-26-22(28)12-17-5-1-2-7-20(17)27(31)32/h1-11,13H,12,14H2,(H,26,28)(H,29,30). The number of ether oxygens (including phenoxy) is 1. The number of benzene rings is 3. The predicted molar refractivity (Wildman–Crippen MR) is 122 cm³/mol. The molecule has 0 aliphatic heterocycles. The van der Waals surface area contributed by atoms with E-state index in [9.17, 15) is 19.7 Å². The van der Waals surface area contributed by atoms with Crippen molar-refractivity contribution in [2.45, 2.75) is 13.0 Å². The molecule has 3 rings (SSSR count). The molecule has 33 heavy (non-hydrogen) atoms. The SMILES string of the molecule is O=C(Cc1ccccc1[N+](=O)[O-])NN=Cc1ccc(OCc2cccc(C(=O)O)c2)c(Cl)c1. The monoisotopic (exact) mass is 467 g/mol. The molecule has 0 aromatic heterocycles. The molecule has 2 N–H and O–H groups in total. The van der Waals surface area contributed by atoms with E-state index in [1.807, 2.05) is 0 Å². The van der Waals surface area contributed by atoms with Gasteiger partial charge in [0.05, 0.1) is 28.1 Å². The number of amides is 1. The largest absolute Gasteiger partial charge is 0.487 e. The Bertz CT molecular complexity index is 1230. The molecule has 10 heteroatoms. The van der Waals surface area contributed by atoms with Crippen molar-refractivity contribution < 1.29 is 24.4 Å². The quantitative estimate of drug-likeness (QED) is 0.275. The number of rotatable bonds is 9. The molecule has 0 saturated heterocycles. The molecule has 3 aromatic rings. The van der Waals surface area contributed by atoms with E-state index < -0.39 is 16.8 Å². The Kier molecular flexibility index (Phi) is 7.72. The zero-order chi connectivity index (χ0) is 23.8. The molecule has 0 saturated carbocycles. The van der Waals surface area contributed by atoms with Gasteiger partial charge in [0.25, 0.3) is 5.69 Å². The summed E-state index contributed by atoms with van der Waals surface area (Å²) in [7, 11) is 0. The molecule has 0 atom stereocenters. The van der Waals surface area contributed by atoms with Crippen LogP contribution in [0.25, 0.3) is 0 Å². The molecule has 0 radical (unpaired) electrons. The first kappa shape index (κ1) is 23.4. The molecule has 0 spiro atoms. The predicted octanol–water partition coefficient (Wildman–Crippen LogP) is 4.22. The van der Waals surface area contributed by atoms with Gasteiger partial charge < -0.3 is 9.84 Å². The molecular formula is C23H18ClN3O6. The number of nitro benzene ring substituents is 1. The number of nitro groups is 1. The number of carboxylic acids is 1. The van der Waals surface area contributed by atoms with E-state index in [1.165, 1.54) is 36.5 Å². The van der Waals surface area contributed by atoms with Crippen molar-refractivity contribution in [3.8, 4) is 5.75 Å². The van der Waals surface area contributed by atoms with Crippen molar-refractivity contribution in [2.75, 3.05) is 0 Å². The number of nitrogens with one attached hydrogen (secondary N) is 1. The summed E-state index contributed by atoms with van der Waals surface area (Å²) in [4.78, 5) is 33.6. The number of nitrogens with zero attached hydrogens (tertiary/aromatic N) is 2. The van der Waals surface area contributed by atoms with Crippen LogP contribution >= 0.6 is 11.6 Å². The minimum absolute atomic E-state index is 0.131. The van der Waals surface area contributed by atoms with Crippen LogP contribution in [0.4, 0.5) is 5.69 Å². The van der Waals surface area contributed by atoms with Crippen LogP contribution in [0.15, 0.2) is 71.8 Å². The Morgan fingerprint density at radius 3 is 2.64 bits per heavy atom. The molecule has 168 valence electrons. The summed E-state index contributed by atoms with van der Waals surface area (Å²) in [5.74, 6) is -1.13. The summed E-state index contributed by atoms with van der Waals surface area (Å²) in [5.41, 5.74) is 3.91. The summed E-state index contributed by atoms with van der Waals surface area (Å²) in [6.45, 7) is 0.135. The molecule has 0 bridgehead atoms. The van der Waals surface area contributed by atoms with Crippen LogP contribution in [0, 0.1) is 10.1 Å². The van der Waals surface area contributed by atoms with Crippen molar-refractivity contribution in [1.29, 1.82) is 0 Å². The second kappa shape index (κ2) is 10.9. The van der Waals surface area contributed by atoms with Gasteiger partial charge in [-0.2, -0.15) is 5.10 Å². The van der Waals surface area contributed by atoms with Gasteiger partial charge >= 0.3 is 5.97 Å². The molecular weight excluding hydrogens is 450 g/mol. The average Bonchev–Trinajstić information content (AvgIpc) is 2.79. The summed E-state index contributed by atoms with van der Waals surface area (Å²) in [6.07, 6.45) is 1.19. The van der Waals surface area contributed by atoms with E-state index in [0.717, 1.165) is 0 Å². The summed E-state index contributed by atoms with van der Waals surface area (Å²) in [5, 5.41) is 24.2. The lowest BCUT2D eigenvalue weighted by molar-refractivity contribution is -0.385. The van der Waals surface area contributed by atoms with Crippen LogP contribution in [-0.4, -0.2) is 28.1 Å². The molecule has 3 aromatic carbocycles. The Morgan fingerprint density at radius 1 is 1.12 bits per heavy atom. The van der Waals surface area contributed by atoms with E-state index in [2.05, 4.69) is 10.5 Å². The first-order valence-corrected chi connectivity index (χ1v) is 10.00. The minimum Gasteiger partial charge on any atom is -0.487 e. The first-order chi connectivity index (χ1) is 15.8. The van der Waals surface area contributed by atoms with Gasteiger partial charge in [-0.3, -0.25) is 14.9 Å². The number of carboxylic acid groups (broad SMARTS) is 1. The summed E-state index contributed by atoms with van der Waals surface area (Å²) < 4.78 is 5.66. The van der Waals surface area contributed by atoms with Crippen LogP contribution in [0.3, 0.4) is 0 Å². The van der Waals surface area contributed by atoms with Gasteiger partial charge in [-0.15, -0.1) is 0 Å². The van der Waals surface area contributed by atoms with Gasteiger partial charge in [-0.25, -0.2) is 10.2 Å². The molecule has 0 heterocycles. The molecule has 0 fully saturated rings. The fourth-order valence-corrected chi connectivity index (χ4v) is 3.14. The smallest absolute Gasteiger partial charge is 0.335 e. The van der Waals surface area contributed by atoms with Crippen LogP contribution in [0.2, 0.25) is 5.02 Å². The van der Waals surface area contributed by atoms with E-state index in [4.69, 9.17) is 21.4 Å². The number of aromatic carboxylic acids is 1. The third-order valence-electron chi connectivity index (χ3n) is 4.47. The highest BCUT2D eigenvalue weighted by Crippen LogP contribution is 2.26. The Balaban J connectivity index is 1.56. The van der Waals surface area contributed by atoms with E-state index >= 15 is 0 Å². The number of hydrogen-bond donors (Lipinski definition) is 2. The fourth-order valence-electron chi connectivity index (χ4n) is 2.90. The van der Waals surface area contributed by atoms with Crippen molar-refractivity contribution in [3.63, 3.8) is 0 Å². The number of hydrogen-bond acceptors (Lipinski definition) is 6. The van der Waals surface area contributed by atoms with Crippen LogP contribution in [0.1, 0.15) is 27.0 Å². The van der Waals surface area contributed by atoms with E-state index in [-0.39, 0.29) is 29.8 Å².